The van der Waals surface area contributed by atoms with Crippen LogP contribution >= 0.6 is 0 Å². The summed E-state index contributed by atoms with van der Waals surface area (Å²) in [6.07, 6.45) is 7.67. The van der Waals surface area contributed by atoms with Crippen LogP contribution in [-0.2, 0) is 0 Å². The summed E-state index contributed by atoms with van der Waals surface area (Å²) in [6, 6.07) is 23.6. The Bertz CT molecular complexity index is 3290. The monoisotopic (exact) mass is 637 g/mol. The van der Waals surface area contributed by atoms with Gasteiger partial charge in [0.05, 0.1) is 24.7 Å². The Hall–Kier alpha value is -6.65. The van der Waals surface area contributed by atoms with Crippen LogP contribution in [0.4, 0.5) is 17.1 Å². The molecule has 10 aromatic rings. The van der Waals surface area contributed by atoms with E-state index in [4.69, 9.17) is 18.1 Å². The summed E-state index contributed by atoms with van der Waals surface area (Å²) in [5, 5.41) is 6.25. The maximum Gasteiger partial charge on any atom is 0.137 e. The third-order valence-electron chi connectivity index (χ3n) is 8.97. The van der Waals surface area contributed by atoms with Crippen molar-refractivity contribution in [1.82, 2.24) is 9.55 Å². The van der Waals surface area contributed by atoms with Crippen molar-refractivity contribution in [3.8, 4) is 5.69 Å². The lowest BCUT2D eigenvalue weighted by Crippen LogP contribution is -2.09. The molecule has 49 heavy (non-hydrogen) atoms. The van der Waals surface area contributed by atoms with E-state index in [1.54, 1.807) is 30.6 Å². The number of rotatable bonds is 6. The number of nitrogens with zero attached hydrogens (tertiary/aromatic N) is 3. The van der Waals surface area contributed by atoms with Gasteiger partial charge in [-0.1, -0.05) is 78.7 Å². The fourth-order valence-electron chi connectivity index (χ4n) is 6.88. The Labute approximate surface area is 296 Å². The van der Waals surface area contributed by atoms with Crippen molar-refractivity contribution in [3.63, 3.8) is 0 Å². The summed E-state index contributed by atoms with van der Waals surface area (Å²) in [5.74, 6) is 0. The summed E-state index contributed by atoms with van der Waals surface area (Å²) in [6.45, 7) is 0. The van der Waals surface area contributed by atoms with Gasteiger partial charge in [-0.3, -0.25) is 4.98 Å². The lowest BCUT2D eigenvalue weighted by molar-refractivity contribution is 0.669. The minimum Gasteiger partial charge on any atom is -0.456 e. The molecule has 3 aromatic heterocycles. The molecular weight excluding hydrogens is 599 g/mol. The quantitative estimate of drug-likeness (QED) is 0.134. The number of furan rings is 1. The van der Waals surface area contributed by atoms with Gasteiger partial charge in [-0.2, -0.15) is 0 Å². The molecule has 0 aliphatic rings. The van der Waals surface area contributed by atoms with E-state index in [-0.39, 0.29) is 17.1 Å². The average molecular weight is 638 g/mol. The Kier molecular flexibility index (Phi) is 4.31. The normalized spacial score (nSPS) is 14.9. The van der Waals surface area contributed by atoms with Gasteiger partial charge in [0.25, 0.3) is 0 Å². The smallest absolute Gasteiger partial charge is 0.137 e. The van der Waals surface area contributed by atoms with E-state index < -0.39 is 60.4 Å². The van der Waals surface area contributed by atoms with Gasteiger partial charge in [0, 0.05) is 62.8 Å². The number of pyridine rings is 1. The highest BCUT2D eigenvalue weighted by atomic mass is 16.3. The van der Waals surface area contributed by atoms with E-state index in [0.29, 0.717) is 11.2 Å². The second-order valence-corrected chi connectivity index (χ2v) is 11.8. The molecule has 0 bridgehead atoms. The Morgan fingerprint density at radius 1 is 0.571 bits per heavy atom. The first-order valence-electron chi connectivity index (χ1n) is 20.7. The number of aromatic nitrogens is 2. The molecule has 0 aliphatic heterocycles. The topological polar surface area (TPSA) is 34.2 Å². The molecule has 7 aromatic carbocycles. The van der Waals surface area contributed by atoms with Gasteiger partial charge >= 0.3 is 0 Å². The van der Waals surface area contributed by atoms with Crippen molar-refractivity contribution in [2.24, 2.45) is 0 Å². The zero-order valence-electron chi connectivity index (χ0n) is 35.7. The number of para-hydroxylation sites is 2. The fraction of sp³-hybridized carbons (Fsp3) is 0. The van der Waals surface area contributed by atoms with Crippen LogP contribution in [0, 0.1) is 0 Å². The van der Waals surface area contributed by atoms with E-state index in [2.05, 4.69) is 58.1 Å². The highest BCUT2D eigenvalue weighted by Gasteiger charge is 2.18. The van der Waals surface area contributed by atoms with Crippen LogP contribution in [0.25, 0.3) is 72.4 Å². The highest BCUT2D eigenvalue weighted by molar-refractivity contribution is 6.24. The van der Waals surface area contributed by atoms with Gasteiger partial charge in [0.15, 0.2) is 0 Å². The molecule has 0 saturated heterocycles. The van der Waals surface area contributed by atoms with Crippen molar-refractivity contribution in [1.29, 1.82) is 0 Å². The number of anilines is 3. The minimum absolute atomic E-state index is 0.165. The van der Waals surface area contributed by atoms with Gasteiger partial charge in [0.1, 0.15) is 11.2 Å². The molecular formula is C45H29N3O. The number of hydrogen-bond donors (Lipinski definition) is 0. The number of hydrogen-bond acceptors (Lipinski definition) is 3. The van der Waals surface area contributed by atoms with Crippen molar-refractivity contribution in [2.75, 3.05) is 4.90 Å². The zero-order valence-corrected chi connectivity index (χ0v) is 25.7. The van der Waals surface area contributed by atoms with E-state index in [9.17, 15) is 0 Å². The summed E-state index contributed by atoms with van der Waals surface area (Å²) in [7, 11) is 0. The number of fused-ring (bicyclic) bond motifs is 3. The van der Waals surface area contributed by atoms with Crippen LogP contribution in [0.5, 0.6) is 0 Å². The molecule has 0 atom stereocenters. The largest absolute Gasteiger partial charge is 0.456 e. The number of benzene rings is 7. The molecule has 230 valence electrons. The van der Waals surface area contributed by atoms with Crippen LogP contribution < -0.4 is 4.90 Å². The third kappa shape index (κ3) is 4.49. The molecule has 0 N–H and O–H groups in total. The van der Waals surface area contributed by atoms with Crippen LogP contribution in [0.3, 0.4) is 0 Å². The summed E-state index contributed by atoms with van der Waals surface area (Å²) in [5.41, 5.74) is 5.48. The lowest BCUT2D eigenvalue weighted by Gasteiger charge is -2.25. The van der Waals surface area contributed by atoms with E-state index in [0.717, 1.165) is 48.9 Å². The summed E-state index contributed by atoms with van der Waals surface area (Å²) >= 11 is 0. The van der Waals surface area contributed by atoms with Crippen LogP contribution in [0.1, 0.15) is 24.8 Å². The molecule has 0 spiro atoms. The molecule has 0 aliphatic carbocycles. The SMILES string of the molecule is [2H]c1c([2H])c([2H])c(N(c2ccc3c(c2)oc2cc(/C=C/c4cc5ccc6cccc7c6c5c(c4)n7-c4ccncc4)ccc23)c2c([2H])c([2H])c([2H])c([2H])c2[2H])c([2H])c1[2H]. The van der Waals surface area contributed by atoms with Crippen molar-refractivity contribution in [3.05, 3.63) is 175 Å². The van der Waals surface area contributed by atoms with E-state index >= 15 is 0 Å². The highest BCUT2D eigenvalue weighted by Crippen LogP contribution is 2.41. The fourth-order valence-corrected chi connectivity index (χ4v) is 6.88. The molecule has 4 heteroatoms. The molecule has 0 saturated carbocycles. The van der Waals surface area contributed by atoms with Crippen molar-refractivity contribution in [2.45, 2.75) is 0 Å². The first-order valence-corrected chi connectivity index (χ1v) is 15.7. The van der Waals surface area contributed by atoms with Crippen LogP contribution in [0.15, 0.2) is 168 Å². The Balaban J connectivity index is 1.09. The van der Waals surface area contributed by atoms with Crippen molar-refractivity contribution >= 4 is 83.7 Å². The molecule has 4 nitrogen and oxygen atoms in total. The van der Waals surface area contributed by atoms with E-state index in [1.165, 1.54) is 16.2 Å². The maximum atomic E-state index is 8.77. The first kappa shape index (κ1) is 19.2. The van der Waals surface area contributed by atoms with Gasteiger partial charge in [-0.25, -0.2) is 0 Å². The first-order chi connectivity index (χ1) is 28.4. The average Bonchev–Trinajstić information content (AvgIpc) is 3.79. The summed E-state index contributed by atoms with van der Waals surface area (Å²) in [4.78, 5) is 5.36. The predicted octanol–water partition coefficient (Wildman–Crippen LogP) is 12.3. The minimum atomic E-state index is -0.634. The molecule has 3 heterocycles. The predicted molar refractivity (Wildman–Crippen MR) is 205 cm³/mol. The van der Waals surface area contributed by atoms with Crippen LogP contribution in [0.2, 0.25) is 0 Å². The molecule has 10 rings (SSSR count). The zero-order chi connectivity index (χ0) is 41.0. The van der Waals surface area contributed by atoms with Gasteiger partial charge in [-0.05, 0) is 101 Å². The summed E-state index contributed by atoms with van der Waals surface area (Å²) < 4.78 is 93.5. The Morgan fingerprint density at radius 2 is 1.24 bits per heavy atom. The van der Waals surface area contributed by atoms with Crippen LogP contribution in [-0.4, -0.2) is 9.55 Å². The van der Waals surface area contributed by atoms with Crippen molar-refractivity contribution < 1.29 is 18.1 Å². The second-order valence-electron chi connectivity index (χ2n) is 11.8. The Morgan fingerprint density at radius 3 is 2.02 bits per heavy atom. The molecule has 0 unspecified atom stereocenters. The van der Waals surface area contributed by atoms with Gasteiger partial charge in [-0.15, -0.1) is 0 Å². The standard InChI is InChI=1S/C45H29N3O/c1-3-9-34(10-4-1)47(35-11-5-2-6-12-35)37-19-21-39-38-20-16-30(28-42(38)49-43(39)29-37)14-15-31-26-33-18-17-32-8-7-13-40-44(32)45(33)41(27-31)48(40)36-22-24-46-25-23-36/h1-29H/b15-14+/i1D,2D,3D,4D,5D,6D,9D,10D,11D,12D. The third-order valence-corrected chi connectivity index (χ3v) is 8.97. The molecule has 0 amide bonds. The van der Waals surface area contributed by atoms with Gasteiger partial charge in [0.2, 0.25) is 0 Å². The van der Waals surface area contributed by atoms with Gasteiger partial charge < -0.3 is 13.9 Å². The molecule has 0 radical (unpaired) electrons. The second kappa shape index (κ2) is 11.0. The van der Waals surface area contributed by atoms with E-state index in [1.807, 2.05) is 36.4 Å². The lowest BCUT2D eigenvalue weighted by atomic mass is 10.00. The maximum absolute atomic E-state index is 8.77. The molecule has 0 fully saturated rings.